The van der Waals surface area contributed by atoms with E-state index in [9.17, 15) is 32.4 Å². The fourth-order valence-electron chi connectivity index (χ4n) is 3.37. The third-order valence-electron chi connectivity index (χ3n) is 4.98. The minimum absolute atomic E-state index is 0.0149. The first-order chi connectivity index (χ1) is 15.6. The van der Waals surface area contributed by atoms with Crippen LogP contribution in [-0.4, -0.2) is 25.2 Å². The van der Waals surface area contributed by atoms with Crippen molar-refractivity contribution in [2.75, 3.05) is 0 Å². The van der Waals surface area contributed by atoms with Crippen molar-refractivity contribution in [3.05, 3.63) is 93.5 Å². The van der Waals surface area contributed by atoms with Crippen molar-refractivity contribution >= 4 is 16.9 Å². The standard InChI is InChI=1S/C22H12F4N4O3/c23-16-5-15-18(6-19(16)30-10-17(21(32)33)28-11-30)29(9-13(7-27)20(15)31)8-12-1-3-14(4-2-12)22(24,25)26/h1-6,9-11H,8H2,(H,32,33). The van der Waals surface area contributed by atoms with E-state index in [4.69, 9.17) is 5.11 Å². The Kier molecular flexibility index (Phi) is 5.21. The average molecular weight is 456 g/mol. The first kappa shape index (κ1) is 21.8. The fraction of sp³-hybridized carbons (Fsp3) is 0.0909. The molecular weight excluding hydrogens is 444 g/mol. The van der Waals surface area contributed by atoms with Crippen molar-refractivity contribution in [1.82, 2.24) is 14.1 Å². The molecule has 4 rings (SSSR count). The molecule has 0 aliphatic heterocycles. The molecular formula is C22H12F4N4O3. The summed E-state index contributed by atoms with van der Waals surface area (Å²) in [6, 6.07) is 8.30. The lowest BCUT2D eigenvalue weighted by Crippen LogP contribution is -2.15. The zero-order chi connectivity index (χ0) is 23.9. The topological polar surface area (TPSA) is 101 Å². The van der Waals surface area contributed by atoms with Crippen molar-refractivity contribution in [3.63, 3.8) is 0 Å². The number of rotatable bonds is 4. The van der Waals surface area contributed by atoms with Crippen molar-refractivity contribution in [2.24, 2.45) is 0 Å². The third kappa shape index (κ3) is 4.06. The zero-order valence-electron chi connectivity index (χ0n) is 16.5. The van der Waals surface area contributed by atoms with Gasteiger partial charge in [0.2, 0.25) is 5.43 Å². The van der Waals surface area contributed by atoms with E-state index < -0.39 is 29.0 Å². The predicted octanol–water partition coefficient (Wildman–Crippen LogP) is 3.96. The quantitative estimate of drug-likeness (QED) is 0.469. The molecule has 0 radical (unpaired) electrons. The molecule has 0 unspecified atom stereocenters. The van der Waals surface area contributed by atoms with Gasteiger partial charge < -0.3 is 14.2 Å². The maximum atomic E-state index is 14.8. The molecule has 33 heavy (non-hydrogen) atoms. The molecule has 0 saturated carbocycles. The number of pyridine rings is 1. The minimum atomic E-state index is -4.50. The van der Waals surface area contributed by atoms with E-state index in [1.807, 2.05) is 0 Å². The number of hydrogen-bond acceptors (Lipinski definition) is 4. The van der Waals surface area contributed by atoms with Crippen LogP contribution < -0.4 is 5.43 Å². The molecule has 2 aromatic heterocycles. The number of fused-ring (bicyclic) bond motifs is 1. The minimum Gasteiger partial charge on any atom is -0.476 e. The number of nitrogens with zero attached hydrogens (tertiary/aromatic N) is 4. The number of aromatic nitrogens is 3. The third-order valence-corrected chi connectivity index (χ3v) is 4.98. The SMILES string of the molecule is N#Cc1cn(Cc2ccc(C(F)(F)F)cc2)c2cc(-n3cnc(C(=O)O)c3)c(F)cc2c1=O. The second kappa shape index (κ2) is 7.90. The number of nitriles is 1. The predicted molar refractivity (Wildman–Crippen MR) is 108 cm³/mol. The van der Waals surface area contributed by atoms with Crippen LogP contribution in [0, 0.1) is 17.1 Å². The summed E-state index contributed by atoms with van der Waals surface area (Å²) in [6.07, 6.45) is -1.08. The number of carbonyl (C=O) groups is 1. The molecule has 7 nitrogen and oxygen atoms in total. The number of imidazole rings is 1. The molecule has 0 amide bonds. The summed E-state index contributed by atoms with van der Waals surface area (Å²) in [5.41, 5.74) is -1.59. The van der Waals surface area contributed by atoms with Crippen LogP contribution in [0.1, 0.15) is 27.2 Å². The van der Waals surface area contributed by atoms with Crippen molar-refractivity contribution in [1.29, 1.82) is 5.26 Å². The molecule has 0 saturated heterocycles. The molecule has 2 aromatic carbocycles. The Morgan fingerprint density at radius 1 is 1.15 bits per heavy atom. The smallest absolute Gasteiger partial charge is 0.416 e. The summed E-state index contributed by atoms with van der Waals surface area (Å²) in [4.78, 5) is 27.3. The molecule has 2 heterocycles. The normalized spacial score (nSPS) is 11.5. The molecule has 0 bridgehead atoms. The number of carboxylic acids is 1. The van der Waals surface area contributed by atoms with Gasteiger partial charge in [0, 0.05) is 18.9 Å². The molecule has 0 aliphatic carbocycles. The summed E-state index contributed by atoms with van der Waals surface area (Å²) in [5.74, 6) is -2.17. The highest BCUT2D eigenvalue weighted by Gasteiger charge is 2.30. The van der Waals surface area contributed by atoms with Crippen LogP contribution in [0.4, 0.5) is 17.6 Å². The van der Waals surface area contributed by atoms with Gasteiger partial charge in [-0.2, -0.15) is 18.4 Å². The highest BCUT2D eigenvalue weighted by atomic mass is 19.4. The Labute approximate surface area is 182 Å². The Bertz CT molecular complexity index is 1500. The van der Waals surface area contributed by atoms with E-state index in [2.05, 4.69) is 4.98 Å². The molecule has 0 fully saturated rings. The molecule has 0 atom stereocenters. The van der Waals surface area contributed by atoms with Gasteiger partial charge in [-0.05, 0) is 29.8 Å². The Hall–Kier alpha value is -4.46. The molecule has 166 valence electrons. The van der Waals surface area contributed by atoms with Crippen LogP contribution in [0.3, 0.4) is 0 Å². The highest BCUT2D eigenvalue weighted by molar-refractivity contribution is 5.85. The maximum absolute atomic E-state index is 14.8. The second-order valence-electron chi connectivity index (χ2n) is 7.10. The van der Waals surface area contributed by atoms with E-state index in [0.717, 1.165) is 35.3 Å². The lowest BCUT2D eigenvalue weighted by molar-refractivity contribution is -0.137. The Morgan fingerprint density at radius 3 is 2.42 bits per heavy atom. The molecule has 0 aliphatic rings. The second-order valence-corrected chi connectivity index (χ2v) is 7.10. The molecule has 1 N–H and O–H groups in total. The molecule has 11 heteroatoms. The van der Waals surface area contributed by atoms with Gasteiger partial charge in [0.1, 0.15) is 23.8 Å². The number of alkyl halides is 3. The monoisotopic (exact) mass is 456 g/mol. The van der Waals surface area contributed by atoms with Gasteiger partial charge in [-0.25, -0.2) is 14.2 Å². The van der Waals surface area contributed by atoms with E-state index >= 15 is 0 Å². The van der Waals surface area contributed by atoms with Gasteiger partial charge >= 0.3 is 12.1 Å². The van der Waals surface area contributed by atoms with Gasteiger partial charge in [0.15, 0.2) is 5.69 Å². The van der Waals surface area contributed by atoms with Gasteiger partial charge in [-0.1, -0.05) is 12.1 Å². The van der Waals surface area contributed by atoms with Crippen LogP contribution in [0.15, 0.2) is 59.9 Å². The van der Waals surface area contributed by atoms with Crippen LogP contribution in [0.5, 0.6) is 0 Å². The number of aromatic carboxylic acids is 1. The number of benzene rings is 2. The van der Waals surface area contributed by atoms with Crippen LogP contribution in [0.25, 0.3) is 16.6 Å². The van der Waals surface area contributed by atoms with Gasteiger partial charge in [-0.3, -0.25) is 4.79 Å². The average Bonchev–Trinajstić information content (AvgIpc) is 3.25. The van der Waals surface area contributed by atoms with Crippen molar-refractivity contribution in [2.45, 2.75) is 12.7 Å². The van der Waals surface area contributed by atoms with E-state index in [-0.39, 0.29) is 34.4 Å². The summed E-state index contributed by atoms with van der Waals surface area (Å²) in [7, 11) is 0. The van der Waals surface area contributed by atoms with E-state index in [0.29, 0.717) is 5.56 Å². The fourth-order valence-corrected chi connectivity index (χ4v) is 3.37. The maximum Gasteiger partial charge on any atom is 0.416 e. The summed E-state index contributed by atoms with van der Waals surface area (Å²) < 4.78 is 55.9. The zero-order valence-corrected chi connectivity index (χ0v) is 16.5. The van der Waals surface area contributed by atoms with Crippen LogP contribution in [-0.2, 0) is 12.7 Å². The lowest BCUT2D eigenvalue weighted by atomic mass is 10.1. The number of carboxylic acid groups (broad SMARTS) is 1. The summed E-state index contributed by atoms with van der Waals surface area (Å²) in [5, 5.41) is 18.2. The Morgan fingerprint density at radius 2 is 1.85 bits per heavy atom. The van der Waals surface area contributed by atoms with Crippen LogP contribution >= 0.6 is 0 Å². The summed E-state index contributed by atoms with van der Waals surface area (Å²) in [6.45, 7) is -0.0149. The van der Waals surface area contributed by atoms with Crippen molar-refractivity contribution in [3.8, 4) is 11.8 Å². The first-order valence-corrected chi connectivity index (χ1v) is 9.29. The molecule has 0 spiro atoms. The number of hydrogen-bond donors (Lipinski definition) is 1. The highest BCUT2D eigenvalue weighted by Crippen LogP contribution is 2.29. The van der Waals surface area contributed by atoms with Gasteiger partial charge in [0.05, 0.1) is 22.2 Å². The largest absolute Gasteiger partial charge is 0.476 e. The summed E-state index contributed by atoms with van der Waals surface area (Å²) >= 11 is 0. The van der Waals surface area contributed by atoms with Crippen LogP contribution in [0.2, 0.25) is 0 Å². The lowest BCUT2D eigenvalue weighted by Gasteiger charge is -2.15. The van der Waals surface area contributed by atoms with Gasteiger partial charge in [0.25, 0.3) is 0 Å². The first-order valence-electron chi connectivity index (χ1n) is 9.29. The van der Waals surface area contributed by atoms with E-state index in [1.165, 1.54) is 29.0 Å². The van der Waals surface area contributed by atoms with Gasteiger partial charge in [-0.15, -0.1) is 0 Å². The molecule has 4 aromatic rings. The van der Waals surface area contributed by atoms with E-state index in [1.54, 1.807) is 6.07 Å². The Balaban J connectivity index is 1.87. The van der Waals surface area contributed by atoms with Crippen molar-refractivity contribution < 1.29 is 27.5 Å². The number of halogens is 4.